The van der Waals surface area contributed by atoms with Gasteiger partial charge >= 0.3 is 0 Å². The first-order chi connectivity index (χ1) is 11.9. The molecule has 0 aliphatic carbocycles. The highest BCUT2D eigenvalue weighted by Gasteiger charge is 2.30. The summed E-state index contributed by atoms with van der Waals surface area (Å²) >= 11 is 0. The molecule has 138 valence electrons. The van der Waals surface area contributed by atoms with Crippen LogP contribution in [0.15, 0.2) is 18.2 Å². The molecule has 0 aromatic heterocycles. The predicted molar refractivity (Wildman–Crippen MR) is 92.0 cm³/mol. The van der Waals surface area contributed by atoms with Crippen molar-refractivity contribution >= 4 is 17.5 Å². The van der Waals surface area contributed by atoms with Crippen LogP contribution in [0.25, 0.3) is 0 Å². The molecule has 1 saturated heterocycles. The second-order valence-corrected chi connectivity index (χ2v) is 6.41. The van der Waals surface area contributed by atoms with Gasteiger partial charge in [0.25, 0.3) is 0 Å². The highest BCUT2D eigenvalue weighted by atomic mass is 19.1. The van der Waals surface area contributed by atoms with Crippen LogP contribution in [-0.4, -0.2) is 42.4 Å². The Bertz CT molecular complexity index is 624. The summed E-state index contributed by atoms with van der Waals surface area (Å²) in [6, 6.07) is 2.52. The molecule has 1 fully saturated rings. The third kappa shape index (κ3) is 5.22. The van der Waals surface area contributed by atoms with Crippen LogP contribution < -0.4 is 10.6 Å². The number of nitrogens with one attached hydrogen (secondary N) is 2. The van der Waals surface area contributed by atoms with E-state index in [4.69, 9.17) is 0 Å². The number of piperidine rings is 1. The standard InChI is InChI=1S/C18H25F2N3O2/c1-3-8-21-18(25)13-5-4-9-23(11-13)12(2)17(24)22-16-7-6-14(19)10-15(16)20/h6-7,10,12-13H,3-5,8-9,11H2,1-2H3,(H,21,25)(H,22,24)/t12-,13+/m1/s1. The first kappa shape index (κ1) is 19.3. The Morgan fingerprint density at radius 3 is 2.80 bits per heavy atom. The highest BCUT2D eigenvalue weighted by Crippen LogP contribution is 2.20. The average molecular weight is 353 g/mol. The molecule has 2 atom stereocenters. The van der Waals surface area contributed by atoms with Crippen LogP contribution in [0, 0.1) is 17.6 Å². The smallest absolute Gasteiger partial charge is 0.241 e. The van der Waals surface area contributed by atoms with E-state index in [9.17, 15) is 18.4 Å². The normalized spacial score (nSPS) is 19.3. The zero-order chi connectivity index (χ0) is 18.4. The molecular weight excluding hydrogens is 328 g/mol. The van der Waals surface area contributed by atoms with Gasteiger partial charge in [-0.3, -0.25) is 14.5 Å². The lowest BCUT2D eigenvalue weighted by atomic mass is 9.96. The lowest BCUT2D eigenvalue weighted by Gasteiger charge is -2.35. The number of benzene rings is 1. The Labute approximate surface area is 146 Å². The quantitative estimate of drug-likeness (QED) is 0.826. The number of hydrogen-bond donors (Lipinski definition) is 2. The summed E-state index contributed by atoms with van der Waals surface area (Å²) in [5.74, 6) is -2.00. The first-order valence-corrected chi connectivity index (χ1v) is 8.70. The molecular formula is C18H25F2N3O2. The zero-order valence-electron chi connectivity index (χ0n) is 14.6. The van der Waals surface area contributed by atoms with Gasteiger partial charge in [-0.25, -0.2) is 8.78 Å². The molecule has 1 aromatic rings. The second-order valence-electron chi connectivity index (χ2n) is 6.41. The van der Waals surface area contributed by atoms with Gasteiger partial charge in [0.05, 0.1) is 17.6 Å². The number of amides is 2. The largest absolute Gasteiger partial charge is 0.356 e. The summed E-state index contributed by atoms with van der Waals surface area (Å²) in [7, 11) is 0. The maximum atomic E-state index is 13.7. The number of anilines is 1. The van der Waals surface area contributed by atoms with E-state index in [2.05, 4.69) is 10.6 Å². The summed E-state index contributed by atoms with van der Waals surface area (Å²) in [6.45, 7) is 5.57. The van der Waals surface area contributed by atoms with Crippen LogP contribution in [-0.2, 0) is 9.59 Å². The summed E-state index contributed by atoms with van der Waals surface area (Å²) in [6.07, 6.45) is 2.50. The topological polar surface area (TPSA) is 61.4 Å². The van der Waals surface area contributed by atoms with Gasteiger partial charge in [-0.15, -0.1) is 0 Å². The number of nitrogens with zero attached hydrogens (tertiary/aromatic N) is 1. The zero-order valence-corrected chi connectivity index (χ0v) is 14.6. The fourth-order valence-electron chi connectivity index (χ4n) is 2.96. The minimum Gasteiger partial charge on any atom is -0.356 e. The average Bonchev–Trinajstić information content (AvgIpc) is 2.61. The van der Waals surface area contributed by atoms with Crippen molar-refractivity contribution in [3.05, 3.63) is 29.8 Å². The van der Waals surface area contributed by atoms with Gasteiger partial charge in [-0.05, 0) is 44.9 Å². The van der Waals surface area contributed by atoms with Crippen LogP contribution >= 0.6 is 0 Å². The van der Waals surface area contributed by atoms with Crippen molar-refractivity contribution in [1.82, 2.24) is 10.2 Å². The molecule has 2 N–H and O–H groups in total. The SMILES string of the molecule is CCCNC(=O)[C@H]1CCCN([C@H](C)C(=O)Nc2ccc(F)cc2F)C1. The van der Waals surface area contributed by atoms with E-state index in [-0.39, 0.29) is 23.4 Å². The summed E-state index contributed by atoms with van der Waals surface area (Å²) in [5, 5.41) is 5.38. The summed E-state index contributed by atoms with van der Waals surface area (Å²) < 4.78 is 26.6. The maximum absolute atomic E-state index is 13.7. The van der Waals surface area contributed by atoms with Gasteiger partial charge < -0.3 is 10.6 Å². The fourth-order valence-corrected chi connectivity index (χ4v) is 2.96. The lowest BCUT2D eigenvalue weighted by molar-refractivity contribution is -0.129. The summed E-state index contributed by atoms with van der Waals surface area (Å²) in [4.78, 5) is 26.4. The van der Waals surface area contributed by atoms with Crippen LogP contribution in [0.3, 0.4) is 0 Å². The molecule has 7 heteroatoms. The Kier molecular flexibility index (Phi) is 6.87. The minimum absolute atomic E-state index is 0.0173. The van der Waals surface area contributed by atoms with E-state index >= 15 is 0 Å². The third-order valence-corrected chi connectivity index (χ3v) is 4.49. The monoisotopic (exact) mass is 353 g/mol. The third-order valence-electron chi connectivity index (χ3n) is 4.49. The van der Waals surface area contributed by atoms with E-state index in [0.717, 1.165) is 31.4 Å². The molecule has 0 unspecified atom stereocenters. The Balaban J connectivity index is 1.95. The van der Waals surface area contributed by atoms with E-state index in [1.807, 2.05) is 11.8 Å². The molecule has 0 spiro atoms. The van der Waals surface area contributed by atoms with Crippen molar-refractivity contribution in [2.24, 2.45) is 5.92 Å². The predicted octanol–water partition coefficient (Wildman–Crippen LogP) is 2.53. The molecule has 2 amide bonds. The molecule has 0 radical (unpaired) electrons. The number of likely N-dealkylation sites (tertiary alicyclic amines) is 1. The first-order valence-electron chi connectivity index (χ1n) is 8.70. The maximum Gasteiger partial charge on any atom is 0.241 e. The van der Waals surface area contributed by atoms with Gasteiger partial charge in [0.1, 0.15) is 11.6 Å². The fraction of sp³-hybridized carbons (Fsp3) is 0.556. The van der Waals surface area contributed by atoms with Crippen LogP contribution in [0.4, 0.5) is 14.5 Å². The van der Waals surface area contributed by atoms with Crippen molar-refractivity contribution < 1.29 is 18.4 Å². The van der Waals surface area contributed by atoms with E-state index in [1.165, 1.54) is 6.07 Å². The van der Waals surface area contributed by atoms with Gasteiger partial charge in [0.15, 0.2) is 0 Å². The summed E-state index contributed by atoms with van der Waals surface area (Å²) in [5.41, 5.74) is -0.0486. The van der Waals surface area contributed by atoms with Crippen LogP contribution in [0.5, 0.6) is 0 Å². The van der Waals surface area contributed by atoms with E-state index in [0.29, 0.717) is 19.6 Å². The van der Waals surface area contributed by atoms with Crippen molar-refractivity contribution in [3.8, 4) is 0 Å². The van der Waals surface area contributed by atoms with Crippen molar-refractivity contribution in [2.45, 2.75) is 39.2 Å². The van der Waals surface area contributed by atoms with Crippen molar-refractivity contribution in [2.75, 3.05) is 25.0 Å². The molecule has 5 nitrogen and oxygen atoms in total. The number of carbonyl (C=O) groups is 2. The van der Waals surface area contributed by atoms with Gasteiger partial charge in [0.2, 0.25) is 11.8 Å². The van der Waals surface area contributed by atoms with Crippen LogP contribution in [0.2, 0.25) is 0 Å². The Morgan fingerprint density at radius 2 is 2.12 bits per heavy atom. The molecule has 1 aliphatic heterocycles. The molecule has 0 saturated carbocycles. The van der Waals surface area contributed by atoms with Gasteiger partial charge in [-0.2, -0.15) is 0 Å². The second kappa shape index (κ2) is 8.89. The van der Waals surface area contributed by atoms with Crippen molar-refractivity contribution in [1.29, 1.82) is 0 Å². The molecule has 1 heterocycles. The molecule has 2 rings (SSSR count). The number of rotatable bonds is 6. The molecule has 25 heavy (non-hydrogen) atoms. The van der Waals surface area contributed by atoms with Crippen molar-refractivity contribution in [3.63, 3.8) is 0 Å². The molecule has 1 aliphatic rings. The van der Waals surface area contributed by atoms with Crippen LogP contribution in [0.1, 0.15) is 33.1 Å². The highest BCUT2D eigenvalue weighted by molar-refractivity contribution is 5.94. The minimum atomic E-state index is -0.809. The van der Waals surface area contributed by atoms with Gasteiger partial charge in [0, 0.05) is 19.2 Å². The Hall–Kier alpha value is -2.02. The molecule has 1 aromatic carbocycles. The van der Waals surface area contributed by atoms with E-state index in [1.54, 1.807) is 6.92 Å². The Morgan fingerprint density at radius 1 is 1.36 bits per heavy atom. The lowest BCUT2D eigenvalue weighted by Crippen LogP contribution is -2.50. The number of hydrogen-bond acceptors (Lipinski definition) is 3. The number of halogens is 2. The molecule has 0 bridgehead atoms. The van der Waals surface area contributed by atoms with E-state index < -0.39 is 17.7 Å². The van der Waals surface area contributed by atoms with Gasteiger partial charge in [-0.1, -0.05) is 6.92 Å². The number of carbonyl (C=O) groups excluding carboxylic acids is 2.